The van der Waals surface area contributed by atoms with Crippen LogP contribution in [0.5, 0.6) is 0 Å². The molecule has 2 aliphatic rings. The van der Waals surface area contributed by atoms with Gasteiger partial charge in [0.1, 0.15) is 11.1 Å². The van der Waals surface area contributed by atoms with Crippen LogP contribution in [-0.2, 0) is 11.3 Å². The number of piperazine rings is 1. The summed E-state index contributed by atoms with van der Waals surface area (Å²) >= 11 is 1.60. The van der Waals surface area contributed by atoms with E-state index in [1.807, 2.05) is 0 Å². The molecule has 0 unspecified atom stereocenters. The van der Waals surface area contributed by atoms with Crippen molar-refractivity contribution in [2.24, 2.45) is 5.73 Å². The van der Waals surface area contributed by atoms with E-state index in [0.717, 1.165) is 37.7 Å². The summed E-state index contributed by atoms with van der Waals surface area (Å²) in [5, 5.41) is 3.09. The normalized spacial score (nSPS) is 24.6. The first kappa shape index (κ1) is 14.8. The van der Waals surface area contributed by atoms with Crippen LogP contribution in [0.2, 0.25) is 0 Å². The number of amides is 1. The van der Waals surface area contributed by atoms with E-state index in [2.05, 4.69) is 28.3 Å². The lowest BCUT2D eigenvalue weighted by molar-refractivity contribution is 0.145. The average Bonchev–Trinajstić information content (AvgIpc) is 3.07. The molecule has 116 valence electrons. The molecule has 1 atom stereocenters. The Bertz CT molecular complexity index is 499. The Kier molecular flexibility index (Phi) is 4.44. The topological polar surface area (TPSA) is 62.0 Å². The van der Waals surface area contributed by atoms with Crippen LogP contribution in [0, 0.1) is 0 Å². The van der Waals surface area contributed by atoms with Crippen molar-refractivity contribution in [3.05, 3.63) is 17.0 Å². The van der Waals surface area contributed by atoms with E-state index in [4.69, 9.17) is 10.5 Å². The molecule has 6 nitrogen and oxygen atoms in total. The Hall–Kier alpha value is -1.15. The van der Waals surface area contributed by atoms with Crippen molar-refractivity contribution < 1.29 is 9.53 Å². The van der Waals surface area contributed by atoms with E-state index >= 15 is 0 Å². The molecule has 21 heavy (non-hydrogen) atoms. The molecule has 0 bridgehead atoms. The maximum Gasteiger partial charge on any atom is 0.415 e. The molecule has 1 amide bonds. The first-order valence-electron chi connectivity index (χ1n) is 7.32. The SMILES string of the molecule is CN1CCN(Cc2csc(N3C[C@H](CN)OC3=O)c2)CC1. The number of cyclic esters (lactones) is 1. The van der Waals surface area contributed by atoms with E-state index in [9.17, 15) is 4.79 Å². The lowest BCUT2D eigenvalue weighted by Crippen LogP contribution is -2.43. The van der Waals surface area contributed by atoms with Gasteiger partial charge >= 0.3 is 6.09 Å². The number of carbonyl (C=O) groups is 1. The number of anilines is 1. The number of likely N-dealkylation sites (N-methyl/N-ethyl adjacent to an activating group) is 1. The van der Waals surface area contributed by atoms with E-state index in [1.165, 1.54) is 5.56 Å². The van der Waals surface area contributed by atoms with Crippen LogP contribution in [0.15, 0.2) is 11.4 Å². The first-order chi connectivity index (χ1) is 10.2. The second kappa shape index (κ2) is 6.31. The van der Waals surface area contributed by atoms with Crippen molar-refractivity contribution in [1.29, 1.82) is 0 Å². The number of thiophene rings is 1. The number of rotatable bonds is 4. The van der Waals surface area contributed by atoms with Gasteiger partial charge in [0.2, 0.25) is 0 Å². The van der Waals surface area contributed by atoms with E-state index in [1.54, 1.807) is 16.2 Å². The molecule has 1 aromatic heterocycles. The maximum absolute atomic E-state index is 11.8. The molecule has 3 rings (SSSR count). The Balaban J connectivity index is 1.60. The van der Waals surface area contributed by atoms with Crippen LogP contribution < -0.4 is 10.6 Å². The lowest BCUT2D eigenvalue weighted by Gasteiger charge is -2.32. The number of nitrogens with zero attached hydrogens (tertiary/aromatic N) is 3. The highest BCUT2D eigenvalue weighted by Gasteiger charge is 2.32. The predicted octanol–water partition coefficient (Wildman–Crippen LogP) is 0.779. The maximum atomic E-state index is 11.8. The fourth-order valence-corrected chi connectivity index (χ4v) is 3.59. The zero-order valence-electron chi connectivity index (χ0n) is 12.3. The number of nitrogens with two attached hydrogens (primary N) is 1. The highest BCUT2D eigenvalue weighted by atomic mass is 32.1. The van der Waals surface area contributed by atoms with Crippen molar-refractivity contribution in [1.82, 2.24) is 9.80 Å². The van der Waals surface area contributed by atoms with Crippen molar-refractivity contribution in [2.75, 3.05) is 51.2 Å². The molecule has 2 saturated heterocycles. The lowest BCUT2D eigenvalue weighted by atomic mass is 10.2. The minimum Gasteiger partial charge on any atom is -0.443 e. The smallest absolute Gasteiger partial charge is 0.415 e. The van der Waals surface area contributed by atoms with Gasteiger partial charge in [-0.2, -0.15) is 0 Å². The van der Waals surface area contributed by atoms with Crippen molar-refractivity contribution in [2.45, 2.75) is 12.6 Å². The second-order valence-electron chi connectivity index (χ2n) is 5.72. The molecule has 2 fully saturated rings. The van der Waals surface area contributed by atoms with Crippen LogP contribution in [0.3, 0.4) is 0 Å². The van der Waals surface area contributed by atoms with Gasteiger partial charge in [-0.1, -0.05) is 0 Å². The Morgan fingerprint density at radius 2 is 2.14 bits per heavy atom. The third-order valence-corrected chi connectivity index (χ3v) is 5.05. The third kappa shape index (κ3) is 3.37. The van der Waals surface area contributed by atoms with Gasteiger partial charge in [-0.05, 0) is 24.1 Å². The van der Waals surface area contributed by atoms with Gasteiger partial charge in [-0.25, -0.2) is 4.79 Å². The van der Waals surface area contributed by atoms with Gasteiger partial charge in [0, 0.05) is 39.3 Å². The predicted molar refractivity (Wildman–Crippen MR) is 83.8 cm³/mol. The largest absolute Gasteiger partial charge is 0.443 e. The molecule has 0 spiro atoms. The van der Waals surface area contributed by atoms with Gasteiger partial charge in [0.15, 0.2) is 0 Å². The van der Waals surface area contributed by atoms with E-state index in [0.29, 0.717) is 13.1 Å². The average molecular weight is 310 g/mol. The summed E-state index contributed by atoms with van der Waals surface area (Å²) in [7, 11) is 2.16. The van der Waals surface area contributed by atoms with Crippen LogP contribution >= 0.6 is 11.3 Å². The summed E-state index contributed by atoms with van der Waals surface area (Å²) < 4.78 is 5.20. The van der Waals surface area contributed by atoms with Crippen molar-refractivity contribution in [3.63, 3.8) is 0 Å². The Labute approximate surface area is 129 Å². The molecule has 0 aromatic carbocycles. The van der Waals surface area contributed by atoms with E-state index in [-0.39, 0.29) is 12.2 Å². The first-order valence-corrected chi connectivity index (χ1v) is 8.20. The summed E-state index contributed by atoms with van der Waals surface area (Å²) in [6.45, 7) is 6.33. The van der Waals surface area contributed by atoms with Gasteiger partial charge < -0.3 is 15.4 Å². The number of carbonyl (C=O) groups excluding carboxylic acids is 1. The molecule has 0 aliphatic carbocycles. The summed E-state index contributed by atoms with van der Waals surface area (Å²) in [6, 6.07) is 2.10. The Morgan fingerprint density at radius 3 is 2.81 bits per heavy atom. The van der Waals surface area contributed by atoms with Crippen LogP contribution in [0.25, 0.3) is 0 Å². The molecule has 2 aliphatic heterocycles. The summed E-state index contributed by atoms with van der Waals surface area (Å²) in [6.07, 6.45) is -0.459. The zero-order valence-corrected chi connectivity index (χ0v) is 13.1. The monoisotopic (exact) mass is 310 g/mol. The minimum absolute atomic E-state index is 0.180. The number of ether oxygens (including phenoxy) is 1. The summed E-state index contributed by atoms with van der Waals surface area (Å²) in [5.74, 6) is 0. The van der Waals surface area contributed by atoms with Crippen LogP contribution in [0.1, 0.15) is 5.56 Å². The van der Waals surface area contributed by atoms with Crippen LogP contribution in [0.4, 0.5) is 9.80 Å². The number of hydrogen-bond acceptors (Lipinski definition) is 6. The standard InChI is InChI=1S/C14H22N4O2S/c1-16-2-4-17(5-3-16)8-11-6-13(21-10-11)18-9-12(7-15)20-14(18)19/h6,10,12H,2-5,7-9,15H2,1H3/t12-/m0/s1. The van der Waals surface area contributed by atoms with Crippen molar-refractivity contribution in [3.8, 4) is 0 Å². The molecule has 0 radical (unpaired) electrons. The summed E-state index contributed by atoms with van der Waals surface area (Å²) in [4.78, 5) is 18.3. The fourth-order valence-electron chi connectivity index (χ4n) is 2.68. The zero-order chi connectivity index (χ0) is 14.8. The molecule has 7 heteroatoms. The van der Waals surface area contributed by atoms with E-state index < -0.39 is 0 Å². The summed E-state index contributed by atoms with van der Waals surface area (Å²) in [5.41, 5.74) is 6.83. The molecule has 3 heterocycles. The molecule has 1 aromatic rings. The Morgan fingerprint density at radius 1 is 1.38 bits per heavy atom. The molecular formula is C14H22N4O2S. The fraction of sp³-hybridized carbons (Fsp3) is 0.643. The van der Waals surface area contributed by atoms with Gasteiger partial charge in [0.05, 0.1) is 6.54 Å². The van der Waals surface area contributed by atoms with Gasteiger partial charge in [0.25, 0.3) is 0 Å². The van der Waals surface area contributed by atoms with Gasteiger partial charge in [-0.3, -0.25) is 9.80 Å². The van der Waals surface area contributed by atoms with Gasteiger partial charge in [-0.15, -0.1) is 11.3 Å². The highest BCUT2D eigenvalue weighted by molar-refractivity contribution is 7.14. The minimum atomic E-state index is -0.279. The third-order valence-electron chi connectivity index (χ3n) is 4.04. The number of hydrogen-bond donors (Lipinski definition) is 1. The van der Waals surface area contributed by atoms with Crippen LogP contribution in [-0.4, -0.2) is 68.3 Å². The quantitative estimate of drug-likeness (QED) is 0.890. The van der Waals surface area contributed by atoms with Crippen molar-refractivity contribution >= 4 is 22.4 Å². The molecule has 0 saturated carbocycles. The molecular weight excluding hydrogens is 288 g/mol. The second-order valence-corrected chi connectivity index (χ2v) is 6.61. The highest BCUT2D eigenvalue weighted by Crippen LogP contribution is 2.29. The molecule has 2 N–H and O–H groups in total.